The van der Waals surface area contributed by atoms with E-state index in [1.807, 2.05) is 42.6 Å². The molecule has 0 bridgehead atoms. The molecule has 5 amide bonds. The molecule has 5 atom stereocenters. The number of ether oxygens (including phenoxy) is 3. The molecule has 1 aromatic carbocycles. The Hall–Kier alpha value is -5.13. The van der Waals surface area contributed by atoms with E-state index < -0.39 is 80.4 Å². The van der Waals surface area contributed by atoms with E-state index in [4.69, 9.17) is 14.2 Å². The summed E-state index contributed by atoms with van der Waals surface area (Å²) in [6.45, 7) is 6.52. The van der Waals surface area contributed by atoms with Crippen LogP contribution >= 0.6 is 0 Å². The highest BCUT2D eigenvalue weighted by molar-refractivity contribution is 7.91. The normalized spacial score (nSPS) is 26.8. The molecular formula is C40H53N7O10S. The molecule has 2 saturated carbocycles. The number of aromatic nitrogens is 2. The second kappa shape index (κ2) is 16.6. The monoisotopic (exact) mass is 823 g/mol. The molecule has 3 N–H and O–H groups in total. The Morgan fingerprint density at radius 1 is 1.05 bits per heavy atom. The molecule has 1 saturated heterocycles. The molecule has 58 heavy (non-hydrogen) atoms. The van der Waals surface area contributed by atoms with Crippen molar-refractivity contribution in [2.75, 3.05) is 13.2 Å². The van der Waals surface area contributed by atoms with Gasteiger partial charge in [0.25, 0.3) is 5.91 Å². The molecule has 3 aliphatic heterocycles. The first-order valence-electron chi connectivity index (χ1n) is 20.1. The highest BCUT2D eigenvalue weighted by Crippen LogP contribution is 2.46. The fourth-order valence-corrected chi connectivity index (χ4v) is 9.16. The first-order valence-corrected chi connectivity index (χ1v) is 21.7. The number of nitrogens with zero attached hydrogens (tertiary/aromatic N) is 4. The molecule has 2 aliphatic carbocycles. The van der Waals surface area contributed by atoms with E-state index >= 15 is 0 Å². The van der Waals surface area contributed by atoms with Crippen LogP contribution in [0.5, 0.6) is 5.75 Å². The third kappa shape index (κ3) is 9.76. The summed E-state index contributed by atoms with van der Waals surface area (Å²) < 4.78 is 47.0. The van der Waals surface area contributed by atoms with E-state index in [9.17, 15) is 32.4 Å². The minimum atomic E-state index is -3.92. The topological polar surface area (TPSA) is 208 Å². The van der Waals surface area contributed by atoms with Crippen molar-refractivity contribution in [1.29, 1.82) is 0 Å². The van der Waals surface area contributed by atoms with E-state index in [1.165, 1.54) is 9.80 Å². The zero-order valence-electron chi connectivity index (χ0n) is 33.2. The Morgan fingerprint density at radius 2 is 1.84 bits per heavy atom. The molecular weight excluding hydrogens is 771 g/mol. The minimum Gasteiger partial charge on any atom is -0.492 e. The van der Waals surface area contributed by atoms with Crippen molar-refractivity contribution in [2.45, 2.75) is 133 Å². The highest BCUT2D eigenvalue weighted by atomic mass is 32.2. The zero-order chi connectivity index (χ0) is 41.2. The van der Waals surface area contributed by atoms with Crippen molar-refractivity contribution in [3.05, 3.63) is 59.9 Å². The molecule has 4 heterocycles. The van der Waals surface area contributed by atoms with Gasteiger partial charge in [-0.2, -0.15) is 5.10 Å². The van der Waals surface area contributed by atoms with Gasteiger partial charge in [0.2, 0.25) is 21.8 Å². The van der Waals surface area contributed by atoms with Crippen molar-refractivity contribution < 1.29 is 46.6 Å². The highest BCUT2D eigenvalue weighted by Gasteiger charge is 2.62. The predicted octanol–water partition coefficient (Wildman–Crippen LogP) is 3.28. The van der Waals surface area contributed by atoms with Gasteiger partial charge in [-0.25, -0.2) is 18.0 Å². The van der Waals surface area contributed by atoms with Crippen LogP contribution in [0.25, 0.3) is 0 Å². The molecule has 5 aliphatic rings. The molecule has 18 heteroatoms. The predicted molar refractivity (Wildman–Crippen MR) is 208 cm³/mol. The van der Waals surface area contributed by atoms with Gasteiger partial charge in [-0.05, 0) is 88.6 Å². The number of benzene rings is 1. The lowest BCUT2D eigenvalue weighted by atomic mass is 10.0. The van der Waals surface area contributed by atoms with Gasteiger partial charge < -0.3 is 29.7 Å². The van der Waals surface area contributed by atoms with Crippen molar-refractivity contribution in [3.8, 4) is 5.75 Å². The maximum absolute atomic E-state index is 14.4. The molecule has 3 fully saturated rings. The largest absolute Gasteiger partial charge is 0.492 e. The van der Waals surface area contributed by atoms with Crippen LogP contribution in [0.1, 0.15) is 89.7 Å². The number of hydrogen-bond acceptors (Lipinski definition) is 11. The van der Waals surface area contributed by atoms with E-state index in [0.717, 1.165) is 24.0 Å². The van der Waals surface area contributed by atoms with Crippen LogP contribution in [-0.4, -0.2) is 106 Å². The fraction of sp³-hybridized carbons (Fsp3) is 0.600. The summed E-state index contributed by atoms with van der Waals surface area (Å²) in [5, 5.41) is 9.06. The number of fused-ring (bicyclic) bond motifs is 3. The Morgan fingerprint density at radius 3 is 2.59 bits per heavy atom. The number of alkyl carbamates (subject to hydrolysis) is 1. The minimum absolute atomic E-state index is 0.0872. The summed E-state index contributed by atoms with van der Waals surface area (Å²) in [6.07, 6.45) is 9.01. The van der Waals surface area contributed by atoms with Crippen LogP contribution in [0.15, 0.2) is 48.8 Å². The standard InChI is InChI=1S/C40H53N7O10S/c1-39(2,3)57-37(51)42-32-11-8-6-4-5-7-10-28-22-40(28,36(50)44-58(53,54)31-14-15-31)43-34(48)33-21-30(25-47(33)35(32)49)56-38(52)45-23-26-12-13-29(20-27(26)24-45)55-19-18-46-17-9-16-41-46/h7,9-10,12-13,16-17,20,28,30-33H,4-6,8,11,14-15,18-19,21-25H2,1-3H3,(H,42,51)(H,43,48)(H,44,50)/b10-7-/t28?,30-,32+,33?,40?/m1/s1. The Balaban J connectivity index is 1.07. The van der Waals surface area contributed by atoms with E-state index in [2.05, 4.69) is 20.5 Å². The summed E-state index contributed by atoms with van der Waals surface area (Å²) in [5.41, 5.74) is -0.543. The maximum Gasteiger partial charge on any atom is 0.410 e. The second-order valence-corrected chi connectivity index (χ2v) is 18.8. The molecule has 3 unspecified atom stereocenters. The third-order valence-electron chi connectivity index (χ3n) is 11.1. The van der Waals surface area contributed by atoms with Crippen LogP contribution in [0.4, 0.5) is 9.59 Å². The van der Waals surface area contributed by atoms with Gasteiger partial charge in [-0.1, -0.05) is 31.1 Å². The zero-order valence-corrected chi connectivity index (χ0v) is 34.0. The smallest absolute Gasteiger partial charge is 0.410 e. The number of carbonyl (C=O) groups excluding carboxylic acids is 5. The first-order chi connectivity index (χ1) is 27.6. The van der Waals surface area contributed by atoms with Crippen LogP contribution in [0.3, 0.4) is 0 Å². The summed E-state index contributed by atoms with van der Waals surface area (Å²) >= 11 is 0. The molecule has 314 valence electrons. The fourth-order valence-electron chi connectivity index (χ4n) is 7.79. The summed E-state index contributed by atoms with van der Waals surface area (Å²) in [7, 11) is -3.92. The SMILES string of the molecule is CC(C)(C)OC(=O)N[C@H]1CCCCC/C=C\C2CC2(C(=O)NS(=O)(=O)C2CC2)NC(=O)C2C[C@@H](OC(=O)N3Cc4ccc(OCCn5cccn5)cc4C3)CN2C1=O. The van der Waals surface area contributed by atoms with Crippen LogP contribution in [0, 0.1) is 5.92 Å². The van der Waals surface area contributed by atoms with E-state index in [-0.39, 0.29) is 32.4 Å². The molecule has 2 aromatic rings. The number of carbonyl (C=O) groups is 5. The lowest BCUT2D eigenvalue weighted by molar-refractivity contribution is -0.141. The number of allylic oxidation sites excluding steroid dienone is 1. The van der Waals surface area contributed by atoms with Gasteiger partial charge in [-0.3, -0.25) is 28.7 Å². The van der Waals surface area contributed by atoms with Gasteiger partial charge in [0.1, 0.15) is 41.7 Å². The number of amides is 5. The summed E-state index contributed by atoms with van der Waals surface area (Å²) in [5.74, 6) is -1.88. The van der Waals surface area contributed by atoms with Gasteiger partial charge >= 0.3 is 12.2 Å². The van der Waals surface area contributed by atoms with Crippen molar-refractivity contribution >= 4 is 39.9 Å². The number of rotatable bonds is 9. The summed E-state index contributed by atoms with van der Waals surface area (Å²) in [4.78, 5) is 71.9. The number of hydrogen-bond donors (Lipinski definition) is 3. The van der Waals surface area contributed by atoms with Crippen LogP contribution < -0.4 is 20.1 Å². The molecule has 0 spiro atoms. The lowest BCUT2D eigenvalue weighted by Gasteiger charge is -2.30. The lowest BCUT2D eigenvalue weighted by Crippen LogP contribution is -2.58. The van der Waals surface area contributed by atoms with Crippen molar-refractivity contribution in [3.63, 3.8) is 0 Å². The Labute approximate surface area is 338 Å². The van der Waals surface area contributed by atoms with Crippen LogP contribution in [-0.2, 0) is 53.5 Å². The van der Waals surface area contributed by atoms with Gasteiger partial charge in [0.15, 0.2) is 0 Å². The van der Waals surface area contributed by atoms with Crippen LogP contribution in [0.2, 0.25) is 0 Å². The van der Waals surface area contributed by atoms with Gasteiger partial charge in [0.05, 0.1) is 18.3 Å². The number of sulfonamides is 1. The summed E-state index contributed by atoms with van der Waals surface area (Å²) in [6, 6.07) is 5.22. The molecule has 1 aromatic heterocycles. The van der Waals surface area contributed by atoms with Crippen molar-refractivity contribution in [1.82, 2.24) is 34.9 Å². The molecule has 17 nitrogen and oxygen atoms in total. The molecule has 7 rings (SSSR count). The quantitative estimate of drug-likeness (QED) is 0.313. The average molecular weight is 824 g/mol. The van der Waals surface area contributed by atoms with E-state index in [1.54, 1.807) is 31.6 Å². The van der Waals surface area contributed by atoms with Gasteiger partial charge in [0, 0.05) is 37.8 Å². The van der Waals surface area contributed by atoms with Gasteiger partial charge in [-0.15, -0.1) is 0 Å². The first kappa shape index (κ1) is 41.0. The number of nitrogens with one attached hydrogen (secondary N) is 3. The Kier molecular flexibility index (Phi) is 11.8. The van der Waals surface area contributed by atoms with E-state index in [0.29, 0.717) is 51.1 Å². The average Bonchev–Trinajstić information content (AvgIpc) is 3.94. The van der Waals surface area contributed by atoms with Crippen molar-refractivity contribution in [2.24, 2.45) is 5.92 Å². The third-order valence-corrected chi connectivity index (χ3v) is 12.9. The molecule has 0 radical (unpaired) electrons. The second-order valence-electron chi connectivity index (χ2n) is 16.9. The maximum atomic E-state index is 14.4. The Bertz CT molecular complexity index is 2030.